The van der Waals surface area contributed by atoms with Crippen molar-refractivity contribution in [2.45, 2.75) is 0 Å². The zero-order chi connectivity index (χ0) is 39.8. The summed E-state index contributed by atoms with van der Waals surface area (Å²) in [7, 11) is 0. The molecule has 2 nitrogen and oxygen atoms in total. The van der Waals surface area contributed by atoms with Crippen LogP contribution in [0.15, 0.2) is 241 Å². The smallest absolute Gasteiger partial charge is 0.135 e. The van der Waals surface area contributed by atoms with Crippen molar-refractivity contribution in [3.63, 3.8) is 0 Å². The summed E-state index contributed by atoms with van der Waals surface area (Å²) >= 11 is 0. The first-order valence-corrected chi connectivity index (χ1v) is 20.5. The minimum absolute atomic E-state index is 0.872. The first kappa shape index (κ1) is 35.2. The normalized spacial score (nSPS) is 11.3. The van der Waals surface area contributed by atoms with Crippen LogP contribution in [0.25, 0.3) is 88.3 Å². The number of para-hydroxylation sites is 1. The van der Waals surface area contributed by atoms with E-state index in [0.29, 0.717) is 0 Å². The fraction of sp³-hybridized carbons (Fsp3) is 0. The first-order chi connectivity index (χ1) is 29.7. The van der Waals surface area contributed by atoms with Crippen molar-refractivity contribution < 1.29 is 4.42 Å². The second kappa shape index (κ2) is 15.1. The maximum Gasteiger partial charge on any atom is 0.135 e. The maximum absolute atomic E-state index is 6.23. The molecule has 0 fully saturated rings. The second-order valence-electron chi connectivity index (χ2n) is 15.4. The highest BCUT2D eigenvalue weighted by atomic mass is 16.3. The van der Waals surface area contributed by atoms with Gasteiger partial charge in [-0.15, -0.1) is 0 Å². The van der Waals surface area contributed by atoms with Crippen molar-refractivity contribution >= 4 is 49.6 Å². The van der Waals surface area contributed by atoms with Crippen molar-refractivity contribution in [1.29, 1.82) is 0 Å². The summed E-state index contributed by atoms with van der Waals surface area (Å²) < 4.78 is 6.23. The van der Waals surface area contributed by atoms with Crippen LogP contribution in [-0.2, 0) is 0 Å². The molecule has 60 heavy (non-hydrogen) atoms. The van der Waals surface area contributed by atoms with Crippen molar-refractivity contribution in [1.82, 2.24) is 0 Å². The summed E-state index contributed by atoms with van der Waals surface area (Å²) in [4.78, 5) is 2.36. The Labute approximate surface area is 349 Å². The average Bonchev–Trinajstić information content (AvgIpc) is 3.77. The Morgan fingerprint density at radius 3 is 1.37 bits per heavy atom. The number of hydrogen-bond donors (Lipinski definition) is 0. The molecule has 0 spiro atoms. The lowest BCUT2D eigenvalue weighted by Gasteiger charge is -2.26. The third-order valence-corrected chi connectivity index (χ3v) is 11.6. The SMILES string of the molecule is c1ccc(-c2cc(-c3ccccc3)cc(-c3ccc(N(c4ccc(-c5cccc(-c6cc7ccccc7o6)c5)cc4)c4ccc5c(ccc6ccccc65)c4)cc3)c2)cc1. The number of rotatable bonds is 8. The molecule has 0 N–H and O–H groups in total. The zero-order valence-electron chi connectivity index (χ0n) is 32.9. The minimum Gasteiger partial charge on any atom is -0.456 e. The summed E-state index contributed by atoms with van der Waals surface area (Å²) in [6.45, 7) is 0. The van der Waals surface area contributed by atoms with Crippen LogP contribution in [0.2, 0.25) is 0 Å². The fourth-order valence-corrected chi connectivity index (χ4v) is 8.56. The molecule has 0 saturated carbocycles. The molecule has 2 heteroatoms. The standard InChI is InChI=1S/C58H39NO/c1-3-12-40(13-4-1)49-35-50(41-14-5-2-6-15-41)37-51(36-49)43-26-30-53(31-27-43)59(54-32-33-56-46(38-54)23-22-44-16-7-9-20-55(44)56)52-28-24-42(25-29-52)45-18-11-19-47(34-45)58-39-48-17-8-10-21-57(48)60-58/h1-39H. The molecule has 0 bridgehead atoms. The van der Waals surface area contributed by atoms with Crippen molar-refractivity contribution in [2.75, 3.05) is 4.90 Å². The number of fused-ring (bicyclic) bond motifs is 4. The molecule has 1 heterocycles. The van der Waals surface area contributed by atoms with Gasteiger partial charge in [-0.05, 0) is 139 Å². The summed E-state index contributed by atoms with van der Waals surface area (Å²) in [5, 5.41) is 6.07. The van der Waals surface area contributed by atoms with Crippen LogP contribution in [0.4, 0.5) is 17.1 Å². The van der Waals surface area contributed by atoms with E-state index in [9.17, 15) is 0 Å². The van der Waals surface area contributed by atoms with E-state index in [2.05, 4.69) is 223 Å². The van der Waals surface area contributed by atoms with E-state index < -0.39 is 0 Å². The molecule has 282 valence electrons. The topological polar surface area (TPSA) is 16.4 Å². The van der Waals surface area contributed by atoms with E-state index in [1.807, 2.05) is 18.2 Å². The predicted octanol–water partition coefficient (Wildman–Crippen LogP) is 16.5. The zero-order valence-corrected chi connectivity index (χ0v) is 32.9. The van der Waals surface area contributed by atoms with Gasteiger partial charge in [0.25, 0.3) is 0 Å². The van der Waals surface area contributed by atoms with Gasteiger partial charge in [-0.2, -0.15) is 0 Å². The average molecular weight is 766 g/mol. The molecule has 0 aliphatic heterocycles. The minimum atomic E-state index is 0.872. The van der Waals surface area contributed by atoms with Crippen LogP contribution in [0, 0.1) is 0 Å². The predicted molar refractivity (Wildman–Crippen MR) is 253 cm³/mol. The molecule has 0 amide bonds. The molecule has 0 atom stereocenters. The van der Waals surface area contributed by atoms with E-state index in [1.54, 1.807) is 0 Å². The highest BCUT2D eigenvalue weighted by Crippen LogP contribution is 2.40. The molecule has 0 aliphatic rings. The van der Waals surface area contributed by atoms with Crippen molar-refractivity contribution in [3.8, 4) is 55.8 Å². The second-order valence-corrected chi connectivity index (χ2v) is 15.4. The number of hydrogen-bond acceptors (Lipinski definition) is 2. The summed E-state index contributed by atoms with van der Waals surface area (Å²) in [6.07, 6.45) is 0. The molecule has 11 rings (SSSR count). The summed E-state index contributed by atoms with van der Waals surface area (Å²) in [5.41, 5.74) is 14.7. The number of furan rings is 1. The summed E-state index contributed by atoms with van der Waals surface area (Å²) in [6, 6.07) is 85.0. The van der Waals surface area contributed by atoms with Gasteiger partial charge in [-0.25, -0.2) is 0 Å². The molecule has 0 saturated heterocycles. The quantitative estimate of drug-likeness (QED) is 0.143. The Morgan fingerprint density at radius 2 is 0.717 bits per heavy atom. The van der Waals surface area contributed by atoms with Gasteiger partial charge in [0.2, 0.25) is 0 Å². The summed E-state index contributed by atoms with van der Waals surface area (Å²) in [5.74, 6) is 0.872. The number of nitrogens with zero attached hydrogens (tertiary/aromatic N) is 1. The largest absolute Gasteiger partial charge is 0.456 e. The van der Waals surface area contributed by atoms with Crippen LogP contribution < -0.4 is 4.90 Å². The van der Waals surface area contributed by atoms with Crippen LogP contribution in [0.1, 0.15) is 0 Å². The molecule has 1 aromatic heterocycles. The number of benzene rings is 10. The monoisotopic (exact) mass is 765 g/mol. The van der Waals surface area contributed by atoms with Crippen LogP contribution in [-0.4, -0.2) is 0 Å². The third kappa shape index (κ3) is 6.70. The van der Waals surface area contributed by atoms with Gasteiger partial charge < -0.3 is 9.32 Å². The maximum atomic E-state index is 6.23. The van der Waals surface area contributed by atoms with Gasteiger partial charge in [0, 0.05) is 28.0 Å². The highest BCUT2D eigenvalue weighted by Gasteiger charge is 2.16. The third-order valence-electron chi connectivity index (χ3n) is 11.6. The fourth-order valence-electron chi connectivity index (χ4n) is 8.56. The molecule has 0 aliphatic carbocycles. The molecule has 11 aromatic rings. The number of anilines is 3. The van der Waals surface area contributed by atoms with Crippen molar-refractivity contribution in [3.05, 3.63) is 237 Å². The Balaban J connectivity index is 0.988. The molecular formula is C58H39NO. The van der Waals surface area contributed by atoms with Gasteiger partial charge in [0.1, 0.15) is 11.3 Å². The Hall–Kier alpha value is -7.94. The lowest BCUT2D eigenvalue weighted by molar-refractivity contribution is 0.631. The van der Waals surface area contributed by atoms with E-state index in [4.69, 9.17) is 4.42 Å². The lowest BCUT2D eigenvalue weighted by Crippen LogP contribution is -2.09. The molecule has 10 aromatic carbocycles. The van der Waals surface area contributed by atoms with Crippen molar-refractivity contribution in [2.24, 2.45) is 0 Å². The van der Waals surface area contributed by atoms with Crippen LogP contribution >= 0.6 is 0 Å². The van der Waals surface area contributed by atoms with E-state index in [-0.39, 0.29) is 0 Å². The molecular weight excluding hydrogens is 727 g/mol. The van der Waals surface area contributed by atoms with E-state index >= 15 is 0 Å². The van der Waals surface area contributed by atoms with Gasteiger partial charge in [0.05, 0.1) is 0 Å². The molecule has 0 radical (unpaired) electrons. The van der Waals surface area contributed by atoms with Gasteiger partial charge in [0.15, 0.2) is 0 Å². The lowest BCUT2D eigenvalue weighted by atomic mass is 9.93. The Bertz CT molecular complexity index is 3200. The Morgan fingerprint density at radius 1 is 0.250 bits per heavy atom. The molecule has 0 unspecified atom stereocenters. The highest BCUT2D eigenvalue weighted by molar-refractivity contribution is 6.08. The van der Waals surface area contributed by atoms with Crippen LogP contribution in [0.3, 0.4) is 0 Å². The van der Waals surface area contributed by atoms with Gasteiger partial charge in [-0.3, -0.25) is 0 Å². The first-order valence-electron chi connectivity index (χ1n) is 20.5. The Kier molecular flexibility index (Phi) is 8.87. The van der Waals surface area contributed by atoms with Crippen LogP contribution in [0.5, 0.6) is 0 Å². The van der Waals surface area contributed by atoms with E-state index in [0.717, 1.165) is 50.5 Å². The van der Waals surface area contributed by atoms with Gasteiger partial charge in [-0.1, -0.05) is 164 Å². The van der Waals surface area contributed by atoms with Gasteiger partial charge >= 0.3 is 0 Å². The van der Waals surface area contributed by atoms with E-state index in [1.165, 1.54) is 54.9 Å².